The quantitative estimate of drug-likeness (QED) is 0.136. The van der Waals surface area contributed by atoms with Crippen LogP contribution in [0, 0.1) is 0 Å². The van der Waals surface area contributed by atoms with E-state index in [9.17, 15) is 20.4 Å². The average molecular weight is 703 g/mol. The van der Waals surface area contributed by atoms with Crippen LogP contribution in [0.15, 0.2) is 121 Å². The first-order valence-corrected chi connectivity index (χ1v) is 17.2. The predicted molar refractivity (Wildman–Crippen MR) is 185 cm³/mol. The second-order valence-electron chi connectivity index (χ2n) is 12.7. The molecule has 2 heterocycles. The van der Waals surface area contributed by atoms with Crippen molar-refractivity contribution in [2.75, 3.05) is 13.2 Å². The second-order valence-corrected chi connectivity index (χ2v) is 12.7. The Morgan fingerprint density at radius 1 is 0.412 bits per heavy atom. The minimum absolute atomic E-state index is 0.191. The molecule has 0 aliphatic carbocycles. The van der Waals surface area contributed by atoms with Crippen molar-refractivity contribution in [2.45, 2.75) is 87.8 Å². The van der Waals surface area contributed by atoms with Gasteiger partial charge in [-0.25, -0.2) is 0 Å². The molecule has 0 unspecified atom stereocenters. The van der Waals surface area contributed by atoms with Crippen molar-refractivity contribution in [1.29, 1.82) is 0 Å². The van der Waals surface area contributed by atoms with Gasteiger partial charge in [0.25, 0.3) is 0 Å². The van der Waals surface area contributed by atoms with E-state index in [1.54, 1.807) is 0 Å². The van der Waals surface area contributed by atoms with Gasteiger partial charge >= 0.3 is 0 Å². The van der Waals surface area contributed by atoms with Crippen molar-refractivity contribution in [1.82, 2.24) is 0 Å². The van der Waals surface area contributed by atoms with Crippen LogP contribution in [0.1, 0.15) is 22.3 Å². The van der Waals surface area contributed by atoms with E-state index >= 15 is 0 Å². The van der Waals surface area contributed by atoms with Crippen molar-refractivity contribution >= 4 is 0 Å². The first-order valence-electron chi connectivity index (χ1n) is 17.2. The number of ether oxygens (including phenoxy) is 7. The molecule has 2 fully saturated rings. The molecule has 0 saturated carbocycles. The Morgan fingerprint density at radius 2 is 0.824 bits per heavy atom. The zero-order chi connectivity index (χ0) is 35.4. The molecule has 6 rings (SSSR count). The topological polar surface area (TPSA) is 146 Å². The fraction of sp³-hybridized carbons (Fsp3) is 0.400. The third kappa shape index (κ3) is 10.1. The van der Waals surface area contributed by atoms with Gasteiger partial charge in [-0.15, -0.1) is 0 Å². The van der Waals surface area contributed by atoms with E-state index < -0.39 is 68.0 Å². The van der Waals surface area contributed by atoms with Crippen molar-refractivity contribution in [2.24, 2.45) is 0 Å². The molecule has 2 aliphatic rings. The molecule has 272 valence electrons. The fourth-order valence-electron chi connectivity index (χ4n) is 6.16. The normalized spacial score (nSPS) is 29.5. The van der Waals surface area contributed by atoms with Crippen LogP contribution in [0.25, 0.3) is 0 Å². The molecule has 11 heteroatoms. The van der Waals surface area contributed by atoms with Crippen LogP contribution in [0.4, 0.5) is 0 Å². The van der Waals surface area contributed by atoms with Crippen molar-refractivity contribution in [3.8, 4) is 0 Å². The lowest BCUT2D eigenvalue weighted by Gasteiger charge is -2.46. The fourth-order valence-corrected chi connectivity index (χ4v) is 6.16. The van der Waals surface area contributed by atoms with Crippen molar-refractivity contribution in [3.63, 3.8) is 0 Å². The first-order chi connectivity index (χ1) is 25.0. The van der Waals surface area contributed by atoms with Crippen molar-refractivity contribution < 1.29 is 53.6 Å². The minimum atomic E-state index is -1.60. The van der Waals surface area contributed by atoms with Gasteiger partial charge in [0.15, 0.2) is 12.6 Å². The molecule has 51 heavy (non-hydrogen) atoms. The summed E-state index contributed by atoms with van der Waals surface area (Å²) in [6, 6.07) is 39.0. The molecule has 0 amide bonds. The van der Waals surface area contributed by atoms with Crippen LogP contribution in [-0.2, 0) is 59.6 Å². The Bertz CT molecular complexity index is 1550. The standard InChI is InChI=1S/C40H46O11/c41-21-31-33(42)34(43)35(44)39(50-31)49-26-32-36(45-22-27-13-5-1-6-14-27)37(46-23-28-15-7-2-8-16-28)38(47-24-29-17-9-3-10-18-29)40(51-32)48-25-30-19-11-4-12-20-30/h1-20,31-44H,21-26H2/t31-,32+,33+,34-,35+,36-,37-,38+,39+,40+/m0/s1. The predicted octanol–water partition coefficient (Wildman–Crippen LogP) is 3.50. The molecule has 0 spiro atoms. The van der Waals surface area contributed by atoms with Gasteiger partial charge in [-0.05, 0) is 22.3 Å². The molecule has 0 aromatic heterocycles. The zero-order valence-corrected chi connectivity index (χ0v) is 28.2. The van der Waals surface area contributed by atoms with Gasteiger partial charge in [-0.2, -0.15) is 0 Å². The van der Waals surface area contributed by atoms with Gasteiger partial charge in [0, 0.05) is 0 Å². The van der Waals surface area contributed by atoms with Crippen LogP contribution in [0.2, 0.25) is 0 Å². The Balaban J connectivity index is 1.31. The highest BCUT2D eigenvalue weighted by Crippen LogP contribution is 2.33. The smallest absolute Gasteiger partial charge is 0.187 e. The molecule has 4 aromatic rings. The third-order valence-electron chi connectivity index (χ3n) is 8.98. The summed E-state index contributed by atoms with van der Waals surface area (Å²) in [7, 11) is 0. The number of aliphatic hydroxyl groups excluding tert-OH is 4. The first kappa shape index (κ1) is 37.2. The minimum Gasteiger partial charge on any atom is -0.394 e. The molecule has 0 radical (unpaired) electrons. The maximum absolute atomic E-state index is 10.7. The van der Waals surface area contributed by atoms with Crippen molar-refractivity contribution in [3.05, 3.63) is 144 Å². The lowest BCUT2D eigenvalue weighted by Crippen LogP contribution is -2.63. The van der Waals surface area contributed by atoms with Gasteiger partial charge in [-0.1, -0.05) is 121 Å². The maximum atomic E-state index is 10.7. The SMILES string of the molecule is OC[C@@H]1O[C@@H](OC[C@H]2O[C@@H](OCc3ccccc3)[C@H](OCc3ccccc3)[C@@H](OCc3ccccc3)[C@H]2OCc2ccccc2)[C@H](O)[C@@H](O)[C@@H]1O. The summed E-state index contributed by atoms with van der Waals surface area (Å²) >= 11 is 0. The summed E-state index contributed by atoms with van der Waals surface area (Å²) < 4.78 is 44.7. The van der Waals surface area contributed by atoms with Crippen LogP contribution in [-0.4, -0.2) is 95.1 Å². The highest BCUT2D eigenvalue weighted by Gasteiger charge is 2.50. The van der Waals surface area contributed by atoms with Gasteiger partial charge < -0.3 is 53.6 Å². The van der Waals surface area contributed by atoms with E-state index in [0.29, 0.717) is 0 Å². The van der Waals surface area contributed by atoms with Gasteiger partial charge in [0.1, 0.15) is 48.8 Å². The Hall–Kier alpha value is -3.56. The summed E-state index contributed by atoms with van der Waals surface area (Å²) in [5.41, 5.74) is 3.76. The van der Waals surface area contributed by atoms with Crippen LogP contribution in [0.3, 0.4) is 0 Å². The molecule has 0 bridgehead atoms. The molecule has 4 N–H and O–H groups in total. The largest absolute Gasteiger partial charge is 0.394 e. The number of hydrogen-bond acceptors (Lipinski definition) is 11. The van der Waals surface area contributed by atoms with E-state index in [2.05, 4.69) is 0 Å². The highest BCUT2D eigenvalue weighted by atomic mass is 16.7. The maximum Gasteiger partial charge on any atom is 0.187 e. The molecule has 2 aliphatic heterocycles. The lowest BCUT2D eigenvalue weighted by atomic mass is 9.97. The van der Waals surface area contributed by atoms with E-state index in [1.807, 2.05) is 121 Å². The number of rotatable bonds is 16. The number of benzene rings is 4. The van der Waals surface area contributed by atoms with Gasteiger partial charge in [0.05, 0.1) is 39.6 Å². The van der Waals surface area contributed by atoms with Crippen LogP contribution >= 0.6 is 0 Å². The number of hydrogen-bond donors (Lipinski definition) is 4. The summed E-state index contributed by atoms with van der Waals surface area (Å²) in [5, 5.41) is 41.2. The highest BCUT2D eigenvalue weighted by molar-refractivity contribution is 5.16. The van der Waals surface area contributed by atoms with E-state index in [4.69, 9.17) is 33.2 Å². The molecule has 2 saturated heterocycles. The number of aliphatic hydroxyl groups is 4. The second kappa shape index (κ2) is 18.8. The molecule has 10 atom stereocenters. The van der Waals surface area contributed by atoms with Gasteiger partial charge in [0.2, 0.25) is 0 Å². The monoisotopic (exact) mass is 702 g/mol. The Morgan fingerprint density at radius 3 is 1.29 bits per heavy atom. The Labute approximate surface area is 297 Å². The molecule has 11 nitrogen and oxygen atoms in total. The van der Waals surface area contributed by atoms with Crippen LogP contribution in [0.5, 0.6) is 0 Å². The van der Waals surface area contributed by atoms with E-state index in [-0.39, 0.29) is 33.0 Å². The summed E-state index contributed by atoms with van der Waals surface area (Å²) in [5.74, 6) is 0. The molecule has 4 aromatic carbocycles. The van der Waals surface area contributed by atoms with E-state index in [1.165, 1.54) is 0 Å². The average Bonchev–Trinajstić information content (AvgIpc) is 3.18. The van der Waals surface area contributed by atoms with E-state index in [0.717, 1.165) is 22.3 Å². The summed E-state index contributed by atoms with van der Waals surface area (Å²) in [6.07, 6.45) is -11.3. The summed E-state index contributed by atoms with van der Waals surface area (Å²) in [4.78, 5) is 0. The van der Waals surface area contributed by atoms with Gasteiger partial charge in [-0.3, -0.25) is 0 Å². The summed E-state index contributed by atoms with van der Waals surface area (Å²) in [6.45, 7) is 0.161. The Kier molecular flexibility index (Phi) is 13.7. The molecular weight excluding hydrogens is 656 g/mol. The lowest BCUT2D eigenvalue weighted by molar-refractivity contribution is -0.346. The zero-order valence-electron chi connectivity index (χ0n) is 28.2. The third-order valence-corrected chi connectivity index (χ3v) is 8.98. The molecular formula is C40H46O11. The van der Waals surface area contributed by atoms with Crippen LogP contribution < -0.4 is 0 Å².